The van der Waals surface area contributed by atoms with Gasteiger partial charge in [0.1, 0.15) is 5.69 Å². The summed E-state index contributed by atoms with van der Waals surface area (Å²) >= 11 is 0. The molecule has 17 heavy (non-hydrogen) atoms. The largest absolute Gasteiger partial charge is 0.357 e. The number of rotatable bonds is 2. The van der Waals surface area contributed by atoms with Gasteiger partial charge in [-0.15, -0.1) is 0 Å². The summed E-state index contributed by atoms with van der Waals surface area (Å²) in [6.45, 7) is 1.91. The van der Waals surface area contributed by atoms with Crippen LogP contribution in [-0.4, -0.2) is 10.9 Å². The number of amides is 1. The van der Waals surface area contributed by atoms with E-state index >= 15 is 0 Å². The normalized spacial score (nSPS) is 9.94. The zero-order valence-corrected chi connectivity index (χ0v) is 9.36. The molecule has 0 aliphatic rings. The second-order valence-electron chi connectivity index (χ2n) is 3.71. The van der Waals surface area contributed by atoms with Crippen LogP contribution in [0.2, 0.25) is 0 Å². The number of carbonyl (C=O) groups excluding carboxylic acids is 1. The van der Waals surface area contributed by atoms with E-state index in [2.05, 4.69) is 10.3 Å². The fraction of sp³-hybridized carbons (Fsp3) is 0.0769. The number of carbonyl (C=O) groups is 1. The van der Waals surface area contributed by atoms with Gasteiger partial charge in [0, 0.05) is 24.0 Å². The van der Waals surface area contributed by atoms with Crippen molar-refractivity contribution in [3.63, 3.8) is 0 Å². The van der Waals surface area contributed by atoms with Crippen molar-refractivity contribution in [2.24, 2.45) is 0 Å². The van der Waals surface area contributed by atoms with E-state index in [0.29, 0.717) is 0 Å². The highest BCUT2D eigenvalue weighted by Gasteiger charge is 2.07. The van der Waals surface area contributed by atoms with Gasteiger partial charge in [0.2, 0.25) is 0 Å². The van der Waals surface area contributed by atoms with E-state index in [1.165, 1.54) is 18.3 Å². The molecule has 0 bridgehead atoms. The molecule has 1 aromatic carbocycles. The molecule has 0 spiro atoms. The van der Waals surface area contributed by atoms with E-state index in [1.807, 2.05) is 31.2 Å². The summed E-state index contributed by atoms with van der Waals surface area (Å²) in [7, 11) is 0. The van der Waals surface area contributed by atoms with Crippen molar-refractivity contribution in [3.8, 4) is 0 Å². The van der Waals surface area contributed by atoms with Crippen molar-refractivity contribution in [2.75, 3.05) is 5.32 Å². The third-order valence-electron chi connectivity index (χ3n) is 2.41. The first-order valence-electron chi connectivity index (χ1n) is 5.22. The smallest absolute Gasteiger partial charge is 0.272 e. The molecule has 0 saturated carbocycles. The standard InChI is InChI=1S/C13H12N2O2/c1-9-4-2-3-5-11(9)15-13(17)12-8-10(16)6-7-14-12/h2-8H,1H3,(H,14,16)(H,15,17). The highest BCUT2D eigenvalue weighted by Crippen LogP contribution is 2.13. The lowest BCUT2D eigenvalue weighted by Crippen LogP contribution is -2.16. The van der Waals surface area contributed by atoms with Crippen LogP contribution in [0.25, 0.3) is 0 Å². The minimum Gasteiger partial charge on any atom is -0.357 e. The van der Waals surface area contributed by atoms with E-state index in [0.717, 1.165) is 11.3 Å². The maximum absolute atomic E-state index is 11.8. The Morgan fingerprint density at radius 3 is 2.71 bits per heavy atom. The summed E-state index contributed by atoms with van der Waals surface area (Å²) in [6.07, 6.45) is 1.45. The minimum atomic E-state index is -0.322. The molecule has 1 heterocycles. The molecule has 0 aliphatic carbocycles. The minimum absolute atomic E-state index is 0.196. The van der Waals surface area contributed by atoms with Crippen molar-refractivity contribution in [3.05, 3.63) is 64.1 Å². The van der Waals surface area contributed by atoms with Crippen molar-refractivity contribution in [2.45, 2.75) is 6.92 Å². The molecule has 0 aliphatic heterocycles. The summed E-state index contributed by atoms with van der Waals surface area (Å²) in [4.78, 5) is 25.7. The van der Waals surface area contributed by atoms with Gasteiger partial charge in [0.05, 0.1) is 0 Å². The van der Waals surface area contributed by atoms with Crippen molar-refractivity contribution in [1.29, 1.82) is 0 Å². The Morgan fingerprint density at radius 2 is 2.00 bits per heavy atom. The average Bonchev–Trinajstić information content (AvgIpc) is 2.32. The van der Waals surface area contributed by atoms with Gasteiger partial charge in [-0.05, 0) is 18.6 Å². The molecule has 0 unspecified atom stereocenters. The Kier molecular flexibility index (Phi) is 3.05. The fourth-order valence-electron chi connectivity index (χ4n) is 1.48. The lowest BCUT2D eigenvalue weighted by atomic mass is 10.2. The molecule has 0 saturated heterocycles. The van der Waals surface area contributed by atoms with Crippen molar-refractivity contribution in [1.82, 2.24) is 4.98 Å². The van der Waals surface area contributed by atoms with E-state index in [1.54, 1.807) is 0 Å². The first-order chi connectivity index (χ1) is 8.16. The predicted octanol–water partition coefficient (Wildman–Crippen LogP) is 1.94. The molecular formula is C13H12N2O2. The van der Waals surface area contributed by atoms with Crippen LogP contribution >= 0.6 is 0 Å². The van der Waals surface area contributed by atoms with Crippen LogP contribution in [0, 0.1) is 6.92 Å². The SMILES string of the molecule is Cc1ccccc1NC(=O)c1cc(=O)cc[nH]1. The molecule has 86 valence electrons. The summed E-state index contributed by atoms with van der Waals surface area (Å²) < 4.78 is 0. The number of H-pyrrole nitrogens is 1. The monoisotopic (exact) mass is 228 g/mol. The maximum atomic E-state index is 11.8. The van der Waals surface area contributed by atoms with Gasteiger partial charge >= 0.3 is 0 Å². The van der Waals surface area contributed by atoms with Gasteiger partial charge in [-0.2, -0.15) is 0 Å². The van der Waals surface area contributed by atoms with Crippen LogP contribution < -0.4 is 10.7 Å². The number of hydrogen-bond donors (Lipinski definition) is 2. The van der Waals surface area contributed by atoms with Crippen LogP contribution in [-0.2, 0) is 0 Å². The van der Waals surface area contributed by atoms with Crippen molar-refractivity contribution >= 4 is 11.6 Å². The van der Waals surface area contributed by atoms with E-state index < -0.39 is 0 Å². The summed E-state index contributed by atoms with van der Waals surface area (Å²) in [5.41, 5.74) is 1.76. The second kappa shape index (κ2) is 4.65. The number of pyridine rings is 1. The predicted molar refractivity (Wildman–Crippen MR) is 66.2 cm³/mol. The van der Waals surface area contributed by atoms with Gasteiger partial charge < -0.3 is 10.3 Å². The number of anilines is 1. The molecule has 0 atom stereocenters. The maximum Gasteiger partial charge on any atom is 0.272 e. The zero-order chi connectivity index (χ0) is 12.3. The van der Waals surface area contributed by atoms with Crippen LogP contribution in [0.3, 0.4) is 0 Å². The molecular weight excluding hydrogens is 216 g/mol. The Hall–Kier alpha value is -2.36. The number of nitrogens with one attached hydrogen (secondary N) is 2. The topological polar surface area (TPSA) is 62.0 Å². The third kappa shape index (κ3) is 2.60. The molecule has 2 aromatic rings. The third-order valence-corrected chi connectivity index (χ3v) is 2.41. The number of aryl methyl sites for hydroxylation is 1. The second-order valence-corrected chi connectivity index (χ2v) is 3.71. The molecule has 2 rings (SSSR count). The van der Waals surface area contributed by atoms with Crippen LogP contribution in [0.4, 0.5) is 5.69 Å². The average molecular weight is 228 g/mol. The summed E-state index contributed by atoms with van der Waals surface area (Å²) in [5, 5.41) is 2.74. The van der Waals surface area contributed by atoms with Gasteiger partial charge in [-0.25, -0.2) is 0 Å². The summed E-state index contributed by atoms with van der Waals surface area (Å²) in [6, 6.07) is 10.1. The first kappa shape index (κ1) is 11.1. The molecule has 4 nitrogen and oxygen atoms in total. The molecule has 0 radical (unpaired) electrons. The van der Waals surface area contributed by atoms with Gasteiger partial charge in [-0.1, -0.05) is 18.2 Å². The Labute approximate surface area is 98.3 Å². The van der Waals surface area contributed by atoms with Crippen LogP contribution in [0.5, 0.6) is 0 Å². The zero-order valence-electron chi connectivity index (χ0n) is 9.36. The Bertz CT molecular complexity index is 602. The number of aromatic amines is 1. The Balaban J connectivity index is 2.23. The number of para-hydroxylation sites is 1. The fourth-order valence-corrected chi connectivity index (χ4v) is 1.48. The van der Waals surface area contributed by atoms with Crippen molar-refractivity contribution < 1.29 is 4.79 Å². The first-order valence-corrected chi connectivity index (χ1v) is 5.22. The van der Waals surface area contributed by atoms with E-state index in [9.17, 15) is 9.59 Å². The van der Waals surface area contributed by atoms with E-state index in [4.69, 9.17) is 0 Å². The van der Waals surface area contributed by atoms with Gasteiger partial charge in [0.25, 0.3) is 5.91 Å². The quantitative estimate of drug-likeness (QED) is 0.825. The van der Waals surface area contributed by atoms with Crippen LogP contribution in [0.1, 0.15) is 16.1 Å². The lowest BCUT2D eigenvalue weighted by molar-refractivity contribution is 0.102. The molecule has 2 N–H and O–H groups in total. The lowest BCUT2D eigenvalue weighted by Gasteiger charge is -2.07. The van der Waals surface area contributed by atoms with E-state index in [-0.39, 0.29) is 17.0 Å². The number of aromatic nitrogens is 1. The molecule has 1 aromatic heterocycles. The van der Waals surface area contributed by atoms with Crippen LogP contribution in [0.15, 0.2) is 47.4 Å². The Morgan fingerprint density at radius 1 is 1.24 bits per heavy atom. The molecule has 4 heteroatoms. The van der Waals surface area contributed by atoms with Gasteiger partial charge in [-0.3, -0.25) is 9.59 Å². The molecule has 0 fully saturated rings. The highest BCUT2D eigenvalue weighted by atomic mass is 16.2. The number of hydrogen-bond acceptors (Lipinski definition) is 2. The molecule has 1 amide bonds. The van der Waals surface area contributed by atoms with Gasteiger partial charge in [0.15, 0.2) is 5.43 Å². The summed E-state index contributed by atoms with van der Waals surface area (Å²) in [5.74, 6) is -0.322. The highest BCUT2D eigenvalue weighted by molar-refractivity contribution is 6.03. The number of benzene rings is 1.